The van der Waals surface area contributed by atoms with Crippen LogP contribution in [0.1, 0.15) is 50.2 Å². The van der Waals surface area contributed by atoms with Gasteiger partial charge in [0.1, 0.15) is 5.82 Å². The van der Waals surface area contributed by atoms with Gasteiger partial charge in [-0.15, -0.1) is 0 Å². The number of aromatic nitrogens is 2. The Morgan fingerprint density at radius 1 is 1.20 bits per heavy atom. The van der Waals surface area contributed by atoms with Crippen molar-refractivity contribution in [1.29, 1.82) is 0 Å². The van der Waals surface area contributed by atoms with Gasteiger partial charge < -0.3 is 9.88 Å². The van der Waals surface area contributed by atoms with Crippen molar-refractivity contribution < 1.29 is 0 Å². The topological polar surface area (TPSA) is 29.9 Å². The summed E-state index contributed by atoms with van der Waals surface area (Å²) in [4.78, 5) is 4.47. The predicted octanol–water partition coefficient (Wildman–Crippen LogP) is 3.55. The Kier molecular flexibility index (Phi) is 5.36. The van der Waals surface area contributed by atoms with E-state index < -0.39 is 0 Å². The molecule has 0 bridgehead atoms. The van der Waals surface area contributed by atoms with E-state index >= 15 is 0 Å². The van der Waals surface area contributed by atoms with Gasteiger partial charge in [0.2, 0.25) is 0 Å². The minimum absolute atomic E-state index is 0.413. The zero-order chi connectivity index (χ0) is 14.4. The first kappa shape index (κ1) is 14.8. The van der Waals surface area contributed by atoms with Crippen LogP contribution in [0.5, 0.6) is 0 Å². The third-order valence-electron chi connectivity index (χ3n) is 3.62. The summed E-state index contributed by atoms with van der Waals surface area (Å²) >= 11 is 0. The molecule has 0 aliphatic carbocycles. The van der Waals surface area contributed by atoms with Gasteiger partial charge >= 0.3 is 0 Å². The molecule has 1 heterocycles. The summed E-state index contributed by atoms with van der Waals surface area (Å²) in [6.45, 7) is 8.58. The lowest BCUT2D eigenvalue weighted by Crippen LogP contribution is -2.17. The second kappa shape index (κ2) is 7.25. The van der Waals surface area contributed by atoms with Crippen molar-refractivity contribution in [3.63, 3.8) is 0 Å². The van der Waals surface area contributed by atoms with Crippen LogP contribution in [-0.2, 0) is 13.0 Å². The number of nitrogens with zero attached hydrogens (tertiary/aromatic N) is 2. The van der Waals surface area contributed by atoms with Crippen molar-refractivity contribution in [1.82, 2.24) is 14.9 Å². The Bertz CT molecular complexity index is 513. The number of imidazole rings is 1. The lowest BCUT2D eigenvalue weighted by Gasteiger charge is -2.13. The molecule has 1 unspecified atom stereocenters. The average molecular weight is 271 g/mol. The van der Waals surface area contributed by atoms with Gasteiger partial charge in [0.15, 0.2) is 0 Å². The quantitative estimate of drug-likeness (QED) is 0.834. The molecule has 0 amide bonds. The van der Waals surface area contributed by atoms with Gasteiger partial charge in [-0.3, -0.25) is 0 Å². The van der Waals surface area contributed by atoms with Gasteiger partial charge in [0.25, 0.3) is 0 Å². The number of rotatable bonds is 7. The van der Waals surface area contributed by atoms with E-state index in [2.05, 4.69) is 66.1 Å². The maximum atomic E-state index is 4.47. The van der Waals surface area contributed by atoms with E-state index in [9.17, 15) is 0 Å². The molecule has 0 spiro atoms. The fourth-order valence-electron chi connectivity index (χ4n) is 2.48. The summed E-state index contributed by atoms with van der Waals surface area (Å²) in [6.07, 6.45) is 6.01. The van der Waals surface area contributed by atoms with E-state index in [1.807, 2.05) is 6.20 Å². The van der Waals surface area contributed by atoms with Crippen LogP contribution in [0.25, 0.3) is 0 Å². The van der Waals surface area contributed by atoms with E-state index in [4.69, 9.17) is 0 Å². The summed E-state index contributed by atoms with van der Waals surface area (Å²) < 4.78 is 2.25. The lowest BCUT2D eigenvalue weighted by atomic mass is 10.0. The molecule has 1 aromatic carbocycles. The molecule has 20 heavy (non-hydrogen) atoms. The van der Waals surface area contributed by atoms with Crippen molar-refractivity contribution in [3.05, 3.63) is 53.6 Å². The highest BCUT2D eigenvalue weighted by Gasteiger charge is 2.06. The van der Waals surface area contributed by atoms with Crippen molar-refractivity contribution in [3.8, 4) is 0 Å². The molecule has 1 aromatic heterocycles. The molecule has 0 saturated heterocycles. The third kappa shape index (κ3) is 3.70. The monoisotopic (exact) mass is 271 g/mol. The van der Waals surface area contributed by atoms with Crippen LogP contribution in [-0.4, -0.2) is 16.1 Å². The van der Waals surface area contributed by atoms with Crippen molar-refractivity contribution in [2.24, 2.45) is 0 Å². The summed E-state index contributed by atoms with van der Waals surface area (Å²) in [5, 5.41) is 3.44. The number of benzene rings is 1. The van der Waals surface area contributed by atoms with Gasteiger partial charge in [-0.05, 0) is 31.0 Å². The van der Waals surface area contributed by atoms with Gasteiger partial charge in [-0.2, -0.15) is 0 Å². The molecule has 2 rings (SSSR count). The van der Waals surface area contributed by atoms with E-state index in [-0.39, 0.29) is 0 Å². The number of hydrogen-bond acceptors (Lipinski definition) is 2. The first-order chi connectivity index (χ1) is 9.74. The van der Waals surface area contributed by atoms with Crippen LogP contribution in [0.3, 0.4) is 0 Å². The zero-order valence-corrected chi connectivity index (χ0v) is 12.8. The number of nitrogens with one attached hydrogen (secondary N) is 1. The molecular weight excluding hydrogens is 246 g/mol. The normalized spacial score (nSPS) is 12.6. The number of hydrogen-bond donors (Lipinski definition) is 1. The van der Waals surface area contributed by atoms with Gasteiger partial charge in [0.05, 0.1) is 0 Å². The first-order valence-electron chi connectivity index (χ1n) is 7.56. The number of aryl methyl sites for hydroxylation is 1. The second-order valence-electron chi connectivity index (χ2n) is 5.23. The highest BCUT2D eigenvalue weighted by Crippen LogP contribution is 2.15. The first-order valence-corrected chi connectivity index (χ1v) is 7.56. The largest absolute Gasteiger partial charge is 0.335 e. The Morgan fingerprint density at radius 2 is 1.95 bits per heavy atom. The fraction of sp³-hybridized carbons (Fsp3) is 0.471. The third-order valence-corrected chi connectivity index (χ3v) is 3.62. The van der Waals surface area contributed by atoms with Crippen LogP contribution < -0.4 is 5.32 Å². The van der Waals surface area contributed by atoms with Crippen molar-refractivity contribution in [2.45, 2.75) is 46.2 Å². The highest BCUT2D eigenvalue weighted by atomic mass is 15.1. The van der Waals surface area contributed by atoms with Crippen LogP contribution in [0, 0.1) is 0 Å². The molecule has 0 radical (unpaired) electrons. The maximum Gasteiger partial charge on any atom is 0.113 e. The van der Waals surface area contributed by atoms with Crippen LogP contribution in [0.4, 0.5) is 0 Å². The SMILES string of the molecule is CCCn1ccnc1Cc1ccc(C(C)NCC)cc1. The van der Waals surface area contributed by atoms with E-state index in [1.165, 1.54) is 11.1 Å². The van der Waals surface area contributed by atoms with E-state index in [0.29, 0.717) is 6.04 Å². The fourth-order valence-corrected chi connectivity index (χ4v) is 2.48. The second-order valence-corrected chi connectivity index (χ2v) is 5.23. The molecule has 108 valence electrons. The Morgan fingerprint density at radius 3 is 2.60 bits per heavy atom. The van der Waals surface area contributed by atoms with E-state index in [1.54, 1.807) is 0 Å². The standard InChI is InChI=1S/C17H25N3/c1-4-11-20-12-10-19-17(20)13-15-6-8-16(9-7-15)14(3)18-5-2/h6-10,12,14,18H,4-5,11,13H2,1-3H3. The molecule has 0 saturated carbocycles. The van der Waals surface area contributed by atoms with Crippen molar-refractivity contribution >= 4 is 0 Å². The van der Waals surface area contributed by atoms with Gasteiger partial charge in [0, 0.05) is 31.4 Å². The zero-order valence-electron chi connectivity index (χ0n) is 12.8. The lowest BCUT2D eigenvalue weighted by molar-refractivity contribution is 0.598. The smallest absolute Gasteiger partial charge is 0.113 e. The van der Waals surface area contributed by atoms with Gasteiger partial charge in [-0.25, -0.2) is 4.98 Å². The average Bonchev–Trinajstić information content (AvgIpc) is 2.88. The van der Waals surface area contributed by atoms with Crippen LogP contribution in [0.15, 0.2) is 36.7 Å². The molecule has 3 heteroatoms. The summed E-state index contributed by atoms with van der Waals surface area (Å²) in [7, 11) is 0. The molecule has 1 atom stereocenters. The Balaban J connectivity index is 2.05. The van der Waals surface area contributed by atoms with Crippen LogP contribution >= 0.6 is 0 Å². The summed E-state index contributed by atoms with van der Waals surface area (Å²) in [6, 6.07) is 9.28. The molecule has 0 aliphatic rings. The minimum Gasteiger partial charge on any atom is -0.335 e. The molecule has 0 fully saturated rings. The summed E-state index contributed by atoms with van der Waals surface area (Å²) in [5.74, 6) is 1.15. The summed E-state index contributed by atoms with van der Waals surface area (Å²) in [5.41, 5.74) is 2.66. The molecule has 2 aromatic rings. The Labute approximate surface area is 122 Å². The predicted molar refractivity (Wildman–Crippen MR) is 83.9 cm³/mol. The molecule has 1 N–H and O–H groups in total. The van der Waals surface area contributed by atoms with E-state index in [0.717, 1.165) is 31.8 Å². The maximum absolute atomic E-state index is 4.47. The molecule has 0 aliphatic heterocycles. The Hall–Kier alpha value is -1.61. The van der Waals surface area contributed by atoms with Crippen molar-refractivity contribution in [2.75, 3.05) is 6.54 Å². The minimum atomic E-state index is 0.413. The molecular formula is C17H25N3. The molecule has 3 nitrogen and oxygen atoms in total. The van der Waals surface area contributed by atoms with Crippen LogP contribution in [0.2, 0.25) is 0 Å². The highest BCUT2D eigenvalue weighted by molar-refractivity contribution is 5.26. The van der Waals surface area contributed by atoms with Gasteiger partial charge in [-0.1, -0.05) is 38.1 Å².